The monoisotopic (exact) mass is 559 g/mol. The molecule has 0 bridgehead atoms. The standard InChI is InChI=1S/C29H29F8NO/c1-25(31,28(32,33)34)20-7-10-22-19(16-20)6-11-23-26(22,17-18-4-8-21(30)9-5-18)14-15-38(23)24(39)27(29(35,36)37)12-2-3-13-27/h4-5,7-10,16,23H,2-3,6,11-15,17H2,1H3/t23-,25?,26-/m1/s1. The van der Waals surface area contributed by atoms with Gasteiger partial charge >= 0.3 is 12.4 Å². The number of carbonyl (C=O) groups is 1. The Morgan fingerprint density at radius 2 is 1.59 bits per heavy atom. The molecule has 1 saturated carbocycles. The fourth-order valence-corrected chi connectivity index (χ4v) is 7.10. The number of hydrogen-bond donors (Lipinski definition) is 0. The summed E-state index contributed by atoms with van der Waals surface area (Å²) < 4.78 is 112. The van der Waals surface area contributed by atoms with E-state index in [0.29, 0.717) is 36.5 Å². The van der Waals surface area contributed by atoms with Crippen molar-refractivity contribution in [1.82, 2.24) is 4.90 Å². The highest BCUT2D eigenvalue weighted by molar-refractivity contribution is 5.85. The molecule has 39 heavy (non-hydrogen) atoms. The van der Waals surface area contributed by atoms with Crippen molar-refractivity contribution in [2.75, 3.05) is 6.54 Å². The maximum atomic E-state index is 14.8. The maximum Gasteiger partial charge on any atom is 0.426 e. The molecule has 3 atom stereocenters. The summed E-state index contributed by atoms with van der Waals surface area (Å²) in [6.07, 6.45) is -8.81. The Balaban J connectivity index is 1.59. The molecule has 10 heteroatoms. The van der Waals surface area contributed by atoms with E-state index in [-0.39, 0.29) is 45.1 Å². The first-order valence-corrected chi connectivity index (χ1v) is 13.1. The lowest BCUT2D eigenvalue weighted by Gasteiger charge is -2.45. The minimum absolute atomic E-state index is 0.0626. The van der Waals surface area contributed by atoms with Crippen LogP contribution in [0.5, 0.6) is 0 Å². The molecule has 1 heterocycles. The van der Waals surface area contributed by atoms with Gasteiger partial charge in [0.15, 0.2) is 0 Å². The minimum atomic E-state index is -5.13. The molecule has 1 aliphatic heterocycles. The highest BCUT2D eigenvalue weighted by Crippen LogP contribution is 2.56. The molecular formula is C29H29F8NO. The van der Waals surface area contributed by atoms with Crippen molar-refractivity contribution in [2.24, 2.45) is 5.41 Å². The van der Waals surface area contributed by atoms with Crippen molar-refractivity contribution in [3.05, 3.63) is 70.5 Å². The lowest BCUT2D eigenvalue weighted by atomic mass is 9.63. The van der Waals surface area contributed by atoms with Crippen LogP contribution in [0.25, 0.3) is 0 Å². The van der Waals surface area contributed by atoms with E-state index in [1.165, 1.54) is 29.2 Å². The predicted octanol–water partition coefficient (Wildman–Crippen LogP) is 7.72. The zero-order valence-electron chi connectivity index (χ0n) is 21.4. The van der Waals surface area contributed by atoms with Crippen LogP contribution in [0.2, 0.25) is 0 Å². The smallest absolute Gasteiger partial charge is 0.338 e. The highest BCUT2D eigenvalue weighted by Gasteiger charge is 2.65. The Kier molecular flexibility index (Phi) is 6.58. The molecular weight excluding hydrogens is 530 g/mol. The molecule has 2 aromatic rings. The van der Waals surface area contributed by atoms with E-state index in [0.717, 1.165) is 6.07 Å². The van der Waals surface area contributed by atoms with Gasteiger partial charge in [-0.15, -0.1) is 0 Å². The number of benzene rings is 2. The maximum absolute atomic E-state index is 14.8. The Labute approximate surface area is 221 Å². The lowest BCUT2D eigenvalue weighted by Crippen LogP contribution is -2.56. The number of carbonyl (C=O) groups excluding carboxylic acids is 1. The number of rotatable bonds is 4. The van der Waals surface area contributed by atoms with Gasteiger partial charge in [0.05, 0.1) is 0 Å². The van der Waals surface area contributed by atoms with Gasteiger partial charge < -0.3 is 4.90 Å². The van der Waals surface area contributed by atoms with Crippen molar-refractivity contribution in [3.8, 4) is 0 Å². The molecule has 2 aliphatic carbocycles. The van der Waals surface area contributed by atoms with Gasteiger partial charge in [-0.2, -0.15) is 26.3 Å². The summed E-state index contributed by atoms with van der Waals surface area (Å²) in [6, 6.07) is 8.74. The number of hydrogen-bond acceptors (Lipinski definition) is 1. The van der Waals surface area contributed by atoms with Crippen LogP contribution in [0.3, 0.4) is 0 Å². The largest absolute Gasteiger partial charge is 0.426 e. The molecule has 1 saturated heterocycles. The van der Waals surface area contributed by atoms with Crippen LogP contribution in [-0.2, 0) is 28.7 Å². The van der Waals surface area contributed by atoms with E-state index >= 15 is 0 Å². The zero-order valence-corrected chi connectivity index (χ0v) is 21.4. The molecule has 0 aromatic heterocycles. The molecule has 0 spiro atoms. The molecule has 1 amide bonds. The van der Waals surface area contributed by atoms with Crippen LogP contribution < -0.4 is 0 Å². The second kappa shape index (κ2) is 9.20. The fourth-order valence-electron chi connectivity index (χ4n) is 7.10. The molecule has 5 rings (SSSR count). The third kappa shape index (κ3) is 4.32. The average molecular weight is 560 g/mol. The van der Waals surface area contributed by atoms with Gasteiger partial charge in [-0.1, -0.05) is 43.2 Å². The van der Waals surface area contributed by atoms with Gasteiger partial charge in [0.2, 0.25) is 11.6 Å². The number of likely N-dealkylation sites (tertiary alicyclic amines) is 1. The van der Waals surface area contributed by atoms with Gasteiger partial charge in [-0.05, 0) is 79.8 Å². The molecule has 2 aromatic carbocycles. The van der Waals surface area contributed by atoms with Gasteiger partial charge in [0.1, 0.15) is 11.2 Å². The summed E-state index contributed by atoms with van der Waals surface area (Å²) in [5.74, 6) is -1.40. The number of fused-ring (bicyclic) bond motifs is 3. The molecule has 3 aliphatic rings. The van der Waals surface area contributed by atoms with Crippen molar-refractivity contribution in [2.45, 2.75) is 87.8 Å². The summed E-state index contributed by atoms with van der Waals surface area (Å²) in [5, 5.41) is 0. The van der Waals surface area contributed by atoms with Crippen molar-refractivity contribution >= 4 is 5.91 Å². The van der Waals surface area contributed by atoms with Crippen molar-refractivity contribution in [3.63, 3.8) is 0 Å². The van der Waals surface area contributed by atoms with Crippen molar-refractivity contribution < 1.29 is 39.9 Å². The first-order chi connectivity index (χ1) is 18.1. The van der Waals surface area contributed by atoms with E-state index in [2.05, 4.69) is 0 Å². The minimum Gasteiger partial charge on any atom is -0.338 e. The summed E-state index contributed by atoms with van der Waals surface area (Å²) in [7, 11) is 0. The SMILES string of the molecule is CC(F)(c1ccc2c(c1)CC[C@H]1N(C(=O)C3(C(F)(F)F)CCCC3)CC[C@@]21Cc1ccc(F)cc1)C(F)(F)F. The van der Waals surface area contributed by atoms with E-state index in [1.54, 1.807) is 12.1 Å². The second-order valence-electron chi connectivity index (χ2n) is 11.4. The summed E-state index contributed by atoms with van der Waals surface area (Å²) in [5.41, 5.74) is -5.70. The summed E-state index contributed by atoms with van der Waals surface area (Å²) >= 11 is 0. The lowest BCUT2D eigenvalue weighted by molar-refractivity contribution is -0.229. The predicted molar refractivity (Wildman–Crippen MR) is 128 cm³/mol. The Hall–Kier alpha value is -2.65. The van der Waals surface area contributed by atoms with E-state index in [4.69, 9.17) is 0 Å². The van der Waals surface area contributed by atoms with Gasteiger partial charge in [-0.3, -0.25) is 4.79 Å². The number of nitrogens with zero attached hydrogens (tertiary/aromatic N) is 1. The van der Waals surface area contributed by atoms with Crippen LogP contribution in [0.4, 0.5) is 35.1 Å². The van der Waals surface area contributed by atoms with Crippen LogP contribution >= 0.6 is 0 Å². The fraction of sp³-hybridized carbons (Fsp3) is 0.552. The quantitative estimate of drug-likeness (QED) is 0.351. The molecule has 2 fully saturated rings. The molecule has 1 unspecified atom stereocenters. The van der Waals surface area contributed by atoms with E-state index in [1.807, 2.05) is 0 Å². The molecule has 0 radical (unpaired) electrons. The van der Waals surface area contributed by atoms with Crippen LogP contribution in [-0.4, -0.2) is 35.7 Å². The van der Waals surface area contributed by atoms with Crippen molar-refractivity contribution in [1.29, 1.82) is 0 Å². The Morgan fingerprint density at radius 3 is 2.18 bits per heavy atom. The molecule has 0 N–H and O–H groups in total. The van der Waals surface area contributed by atoms with Crippen LogP contribution in [0.15, 0.2) is 42.5 Å². The van der Waals surface area contributed by atoms with Gasteiger partial charge in [-0.25, -0.2) is 8.78 Å². The van der Waals surface area contributed by atoms with Gasteiger partial charge in [0, 0.05) is 18.0 Å². The summed E-state index contributed by atoms with van der Waals surface area (Å²) in [6.45, 7) is 0.524. The van der Waals surface area contributed by atoms with Crippen LogP contribution in [0.1, 0.15) is 67.7 Å². The first-order valence-electron chi connectivity index (χ1n) is 13.1. The van der Waals surface area contributed by atoms with Crippen LogP contribution in [0, 0.1) is 11.2 Å². The van der Waals surface area contributed by atoms with E-state index in [9.17, 15) is 39.9 Å². The van der Waals surface area contributed by atoms with E-state index < -0.39 is 52.2 Å². The summed E-state index contributed by atoms with van der Waals surface area (Å²) in [4.78, 5) is 15.0. The Bertz CT molecular complexity index is 1240. The van der Waals surface area contributed by atoms with Gasteiger partial charge in [0.25, 0.3) is 0 Å². The molecule has 2 nitrogen and oxygen atoms in total. The number of alkyl halides is 7. The number of halogens is 8. The highest BCUT2D eigenvalue weighted by atomic mass is 19.4. The zero-order chi connectivity index (χ0) is 28.4. The third-order valence-electron chi connectivity index (χ3n) is 9.32. The average Bonchev–Trinajstić information content (AvgIpc) is 3.50. The second-order valence-corrected chi connectivity index (χ2v) is 11.4. The number of aryl methyl sites for hydroxylation is 1. The molecule has 212 valence electrons. The topological polar surface area (TPSA) is 20.3 Å². The Morgan fingerprint density at radius 1 is 0.949 bits per heavy atom. The third-order valence-corrected chi connectivity index (χ3v) is 9.32. The number of amides is 1. The first kappa shape index (κ1) is 27.9. The normalized spacial score (nSPS) is 26.2.